The van der Waals surface area contributed by atoms with Gasteiger partial charge in [0, 0.05) is 50.1 Å². The number of benzene rings is 2. The van der Waals surface area contributed by atoms with Gasteiger partial charge in [0.15, 0.2) is 0 Å². The van der Waals surface area contributed by atoms with E-state index in [1.165, 1.54) is 18.2 Å². The molecule has 0 bridgehead atoms. The normalized spacial score (nSPS) is 14.1. The zero-order valence-corrected chi connectivity index (χ0v) is 21.0. The van der Waals surface area contributed by atoms with E-state index in [0.29, 0.717) is 38.2 Å². The number of hydrogen-bond acceptors (Lipinski definition) is 3. The molecular formula is C28H34F2N4O. The van der Waals surface area contributed by atoms with Crippen LogP contribution in [-0.4, -0.2) is 38.6 Å². The summed E-state index contributed by atoms with van der Waals surface area (Å²) >= 11 is 0. The summed E-state index contributed by atoms with van der Waals surface area (Å²) in [6, 6.07) is 13.2. The summed E-state index contributed by atoms with van der Waals surface area (Å²) in [5.41, 5.74) is 4.33. The summed E-state index contributed by atoms with van der Waals surface area (Å²) in [6.45, 7) is 11.0. The molecule has 0 N–H and O–H groups in total. The van der Waals surface area contributed by atoms with Crippen molar-refractivity contribution in [2.75, 3.05) is 13.1 Å². The third-order valence-electron chi connectivity index (χ3n) is 6.40. The Kier molecular flexibility index (Phi) is 7.36. The van der Waals surface area contributed by atoms with E-state index in [4.69, 9.17) is 5.10 Å². The number of nitrogens with zero attached hydrogens (tertiary/aromatic N) is 4. The average molecular weight is 481 g/mol. The lowest BCUT2D eigenvalue weighted by Crippen LogP contribution is -2.34. The maximum absolute atomic E-state index is 14.3. The topological polar surface area (TPSA) is 41.4 Å². The van der Waals surface area contributed by atoms with E-state index in [-0.39, 0.29) is 23.0 Å². The van der Waals surface area contributed by atoms with Crippen molar-refractivity contribution in [1.82, 2.24) is 19.6 Å². The van der Waals surface area contributed by atoms with Crippen LogP contribution < -0.4 is 0 Å². The summed E-state index contributed by atoms with van der Waals surface area (Å²) in [4.78, 5) is 17.1. The number of rotatable bonds is 7. The van der Waals surface area contributed by atoms with E-state index < -0.39 is 0 Å². The SMILES string of the molecule is CCN(Cc1nn(-c2ccc(F)cc2)c2c1CN(Cc1ccccc1F)CC2)C(=O)CC(C)(C)C. The van der Waals surface area contributed by atoms with Crippen LogP contribution in [-0.2, 0) is 30.8 Å². The molecular weight excluding hydrogens is 446 g/mol. The summed E-state index contributed by atoms with van der Waals surface area (Å²) in [5.74, 6) is -0.398. The molecule has 1 aromatic heterocycles. The van der Waals surface area contributed by atoms with E-state index >= 15 is 0 Å². The Morgan fingerprint density at radius 2 is 1.80 bits per heavy atom. The second-order valence-electron chi connectivity index (χ2n) is 10.5. The van der Waals surface area contributed by atoms with Crippen molar-refractivity contribution in [2.24, 2.45) is 5.41 Å². The molecule has 0 radical (unpaired) electrons. The highest BCUT2D eigenvalue weighted by Crippen LogP contribution is 2.28. The lowest BCUT2D eigenvalue weighted by molar-refractivity contribution is -0.133. The summed E-state index contributed by atoms with van der Waals surface area (Å²) in [5, 5.41) is 4.92. The second-order valence-corrected chi connectivity index (χ2v) is 10.5. The number of halogens is 2. The summed E-state index contributed by atoms with van der Waals surface area (Å²) in [6.07, 6.45) is 1.19. The molecule has 2 aromatic carbocycles. The van der Waals surface area contributed by atoms with Gasteiger partial charge in [0.2, 0.25) is 5.91 Å². The first-order chi connectivity index (χ1) is 16.6. The van der Waals surface area contributed by atoms with E-state index in [1.54, 1.807) is 18.2 Å². The van der Waals surface area contributed by atoms with Crippen LogP contribution >= 0.6 is 0 Å². The standard InChI is InChI=1S/C28H34F2N4O/c1-5-33(27(35)16-28(2,3)4)19-25-23-18-32(17-20-8-6-7-9-24(20)30)15-14-26(23)34(31-25)22-12-10-21(29)11-13-22/h6-13H,5,14-19H2,1-4H3. The molecule has 0 saturated heterocycles. The number of aromatic nitrogens is 2. The monoisotopic (exact) mass is 480 g/mol. The molecule has 1 amide bonds. The minimum atomic E-state index is -0.295. The van der Waals surface area contributed by atoms with E-state index in [9.17, 15) is 13.6 Å². The van der Waals surface area contributed by atoms with Gasteiger partial charge in [0.05, 0.1) is 23.6 Å². The predicted octanol–water partition coefficient (Wildman–Crippen LogP) is 5.49. The molecule has 0 unspecified atom stereocenters. The highest BCUT2D eigenvalue weighted by Gasteiger charge is 2.28. The van der Waals surface area contributed by atoms with Gasteiger partial charge in [-0.15, -0.1) is 0 Å². The van der Waals surface area contributed by atoms with Crippen LogP contribution in [0.25, 0.3) is 5.69 Å². The largest absolute Gasteiger partial charge is 0.337 e. The maximum atomic E-state index is 14.3. The fourth-order valence-electron chi connectivity index (χ4n) is 4.59. The van der Waals surface area contributed by atoms with Crippen molar-refractivity contribution in [1.29, 1.82) is 0 Å². The van der Waals surface area contributed by atoms with Crippen molar-refractivity contribution < 1.29 is 13.6 Å². The molecule has 3 aromatic rings. The van der Waals surface area contributed by atoms with Gasteiger partial charge in [-0.05, 0) is 42.7 Å². The van der Waals surface area contributed by atoms with Crippen LogP contribution in [0.15, 0.2) is 48.5 Å². The van der Waals surface area contributed by atoms with Crippen molar-refractivity contribution in [3.63, 3.8) is 0 Å². The van der Waals surface area contributed by atoms with Crippen LogP contribution in [0, 0.1) is 17.0 Å². The average Bonchev–Trinajstić information content (AvgIpc) is 3.16. The first kappa shape index (κ1) is 25.0. The van der Waals surface area contributed by atoms with E-state index in [1.807, 2.05) is 28.6 Å². The van der Waals surface area contributed by atoms with Crippen LogP contribution in [0.2, 0.25) is 0 Å². The van der Waals surface area contributed by atoms with Gasteiger partial charge in [-0.1, -0.05) is 39.0 Å². The molecule has 5 nitrogen and oxygen atoms in total. The molecule has 1 aliphatic rings. The van der Waals surface area contributed by atoms with Crippen molar-refractivity contribution in [2.45, 2.75) is 60.2 Å². The number of fused-ring (bicyclic) bond motifs is 1. The predicted molar refractivity (Wildman–Crippen MR) is 133 cm³/mol. The Labute approximate surface area is 206 Å². The van der Waals surface area contributed by atoms with Crippen molar-refractivity contribution in [3.05, 3.63) is 82.7 Å². The van der Waals surface area contributed by atoms with Crippen LogP contribution in [0.5, 0.6) is 0 Å². The number of amides is 1. The lowest BCUT2D eigenvalue weighted by Gasteiger charge is -2.29. The molecule has 0 aliphatic carbocycles. The minimum Gasteiger partial charge on any atom is -0.337 e. The first-order valence-electron chi connectivity index (χ1n) is 12.2. The first-order valence-corrected chi connectivity index (χ1v) is 12.2. The number of carbonyl (C=O) groups is 1. The number of hydrogen-bond donors (Lipinski definition) is 0. The van der Waals surface area contributed by atoms with Crippen molar-refractivity contribution >= 4 is 5.91 Å². The Hall–Kier alpha value is -3.06. The Bertz CT molecular complexity index is 1180. The molecule has 35 heavy (non-hydrogen) atoms. The van der Waals surface area contributed by atoms with Gasteiger partial charge < -0.3 is 4.90 Å². The third-order valence-corrected chi connectivity index (χ3v) is 6.40. The Morgan fingerprint density at radius 1 is 1.09 bits per heavy atom. The highest BCUT2D eigenvalue weighted by atomic mass is 19.1. The fourth-order valence-corrected chi connectivity index (χ4v) is 4.59. The van der Waals surface area contributed by atoms with E-state index in [2.05, 4.69) is 25.7 Å². The summed E-state index contributed by atoms with van der Waals surface area (Å²) in [7, 11) is 0. The van der Waals surface area contributed by atoms with E-state index in [0.717, 1.165) is 35.6 Å². The molecule has 2 heterocycles. The summed E-state index contributed by atoms with van der Waals surface area (Å²) < 4.78 is 29.8. The molecule has 0 atom stereocenters. The minimum absolute atomic E-state index is 0.101. The van der Waals surface area contributed by atoms with Crippen LogP contribution in [0.3, 0.4) is 0 Å². The molecule has 7 heteroatoms. The lowest BCUT2D eigenvalue weighted by atomic mass is 9.91. The van der Waals surface area contributed by atoms with Gasteiger partial charge in [-0.3, -0.25) is 9.69 Å². The smallest absolute Gasteiger partial charge is 0.223 e. The molecule has 0 spiro atoms. The van der Waals surface area contributed by atoms with Crippen LogP contribution in [0.4, 0.5) is 8.78 Å². The zero-order valence-electron chi connectivity index (χ0n) is 21.0. The fraction of sp³-hybridized carbons (Fsp3) is 0.429. The Morgan fingerprint density at radius 3 is 2.46 bits per heavy atom. The van der Waals surface area contributed by atoms with Gasteiger partial charge in [0.1, 0.15) is 11.6 Å². The maximum Gasteiger partial charge on any atom is 0.223 e. The molecule has 0 fully saturated rings. The Balaban J connectivity index is 1.66. The number of carbonyl (C=O) groups excluding carboxylic acids is 1. The molecule has 186 valence electrons. The quantitative estimate of drug-likeness (QED) is 0.449. The molecule has 4 rings (SSSR count). The van der Waals surface area contributed by atoms with Gasteiger partial charge in [-0.2, -0.15) is 5.10 Å². The third kappa shape index (κ3) is 5.96. The highest BCUT2D eigenvalue weighted by molar-refractivity contribution is 5.76. The van der Waals surface area contributed by atoms with Crippen LogP contribution in [0.1, 0.15) is 56.6 Å². The zero-order chi connectivity index (χ0) is 25.2. The van der Waals surface area contributed by atoms with Gasteiger partial charge in [0.25, 0.3) is 0 Å². The van der Waals surface area contributed by atoms with Gasteiger partial charge in [-0.25, -0.2) is 13.5 Å². The molecule has 1 aliphatic heterocycles. The van der Waals surface area contributed by atoms with Crippen molar-refractivity contribution in [3.8, 4) is 5.69 Å². The molecule has 0 saturated carbocycles. The second kappa shape index (κ2) is 10.3. The van der Waals surface area contributed by atoms with Gasteiger partial charge >= 0.3 is 0 Å².